The Morgan fingerprint density at radius 3 is 2.67 bits per heavy atom. The van der Waals surface area contributed by atoms with E-state index in [2.05, 4.69) is 44.9 Å². The first-order valence-electron chi connectivity index (χ1n) is 9.46. The number of urea groups is 1. The van der Waals surface area contributed by atoms with Crippen LogP contribution in [0.1, 0.15) is 13.8 Å². The van der Waals surface area contributed by atoms with Gasteiger partial charge in [0.25, 0.3) is 5.91 Å². The number of nitrogens with one attached hydrogen (secondary N) is 2. The molecule has 9 heteroatoms. The van der Waals surface area contributed by atoms with E-state index in [1.165, 1.54) is 14.0 Å². The molecule has 0 spiro atoms. The largest absolute Gasteiger partial charge is 0.352 e. The van der Waals surface area contributed by atoms with Crippen molar-refractivity contribution in [3.63, 3.8) is 0 Å². The van der Waals surface area contributed by atoms with Gasteiger partial charge in [0.05, 0.1) is 14.8 Å². The van der Waals surface area contributed by atoms with Crippen LogP contribution >= 0.6 is 23.1 Å². The van der Waals surface area contributed by atoms with Gasteiger partial charge in [0.15, 0.2) is 0 Å². The Hall–Kier alpha value is -2.91. The van der Waals surface area contributed by atoms with Crippen LogP contribution in [0, 0.1) is 0 Å². The maximum Gasteiger partial charge on any atom is 0.325 e. The number of anilines is 1. The van der Waals surface area contributed by atoms with Gasteiger partial charge in [-0.1, -0.05) is 30.0 Å². The highest BCUT2D eigenvalue weighted by molar-refractivity contribution is 8.01. The van der Waals surface area contributed by atoms with E-state index >= 15 is 0 Å². The van der Waals surface area contributed by atoms with Gasteiger partial charge >= 0.3 is 6.03 Å². The van der Waals surface area contributed by atoms with Crippen molar-refractivity contribution in [2.45, 2.75) is 28.5 Å². The lowest BCUT2D eigenvalue weighted by Crippen LogP contribution is -2.46. The van der Waals surface area contributed by atoms with Crippen LogP contribution in [0.25, 0.3) is 10.6 Å². The minimum Gasteiger partial charge on any atom is -0.352 e. The molecule has 1 fully saturated rings. The van der Waals surface area contributed by atoms with E-state index in [1.807, 2.05) is 24.3 Å². The van der Waals surface area contributed by atoms with Crippen molar-refractivity contribution >= 4 is 41.0 Å². The molecule has 30 heavy (non-hydrogen) atoms. The molecule has 0 bridgehead atoms. The summed E-state index contributed by atoms with van der Waals surface area (Å²) in [7, 11) is 0. The maximum absolute atomic E-state index is 11.9. The van der Waals surface area contributed by atoms with E-state index in [0.29, 0.717) is 19.0 Å². The van der Waals surface area contributed by atoms with E-state index in [-0.39, 0.29) is 11.9 Å². The average Bonchev–Trinajstić information content (AvgIpc) is 3.27. The molecule has 0 unspecified atom stereocenters. The Balaban J connectivity index is 1.39. The van der Waals surface area contributed by atoms with Crippen molar-refractivity contribution in [2.75, 3.05) is 18.4 Å². The fourth-order valence-electron chi connectivity index (χ4n) is 3.05. The van der Waals surface area contributed by atoms with Crippen LogP contribution in [0.4, 0.5) is 10.7 Å². The number of carbonyl (C=O) groups is 2. The predicted molar refractivity (Wildman–Crippen MR) is 119 cm³/mol. The molecule has 3 amide bonds. The van der Waals surface area contributed by atoms with E-state index in [0.717, 1.165) is 10.6 Å². The maximum atomic E-state index is 11.9. The topological polar surface area (TPSA) is 87.2 Å². The normalized spacial score (nSPS) is 15.3. The van der Waals surface area contributed by atoms with E-state index in [4.69, 9.17) is 0 Å². The van der Waals surface area contributed by atoms with Crippen LogP contribution in [-0.4, -0.2) is 45.4 Å². The van der Waals surface area contributed by atoms with E-state index in [1.54, 1.807) is 43.1 Å². The smallest absolute Gasteiger partial charge is 0.325 e. The number of hydrogen-bond donors (Lipinski definition) is 2. The predicted octanol–water partition coefficient (Wildman–Crippen LogP) is 4.10. The summed E-state index contributed by atoms with van der Waals surface area (Å²) in [4.78, 5) is 36.4. The Morgan fingerprint density at radius 2 is 1.93 bits per heavy atom. The third kappa shape index (κ3) is 4.31. The van der Waals surface area contributed by atoms with Gasteiger partial charge in [0.1, 0.15) is 5.54 Å². The van der Waals surface area contributed by atoms with Crippen molar-refractivity contribution in [1.29, 1.82) is 0 Å². The third-order valence-corrected chi connectivity index (χ3v) is 7.01. The lowest BCUT2D eigenvalue weighted by atomic mass is 10.0. The van der Waals surface area contributed by atoms with Crippen molar-refractivity contribution in [2.24, 2.45) is 0 Å². The van der Waals surface area contributed by atoms with Crippen molar-refractivity contribution in [3.05, 3.63) is 54.7 Å². The molecule has 1 aliphatic heterocycles. The lowest BCUT2D eigenvalue weighted by Gasteiger charge is -2.27. The lowest BCUT2D eigenvalue weighted by molar-refractivity contribution is -0.125. The number of amides is 3. The van der Waals surface area contributed by atoms with Crippen LogP contribution in [0.5, 0.6) is 0 Å². The second-order valence-corrected chi connectivity index (χ2v) is 9.65. The zero-order valence-corrected chi connectivity index (χ0v) is 18.2. The zero-order valence-electron chi connectivity index (χ0n) is 16.6. The molecule has 1 aliphatic rings. The molecule has 3 heterocycles. The van der Waals surface area contributed by atoms with E-state index < -0.39 is 5.54 Å². The van der Waals surface area contributed by atoms with Crippen LogP contribution < -0.4 is 10.6 Å². The number of carbonyl (C=O) groups excluding carboxylic acids is 2. The summed E-state index contributed by atoms with van der Waals surface area (Å²) in [6.07, 6.45) is 1.71. The molecular formula is C21H21N5O2S2. The summed E-state index contributed by atoms with van der Waals surface area (Å²) >= 11 is 3.40. The second kappa shape index (κ2) is 8.45. The van der Waals surface area contributed by atoms with Gasteiger partial charge in [-0.15, -0.1) is 11.3 Å². The molecule has 7 nitrogen and oxygen atoms in total. The summed E-state index contributed by atoms with van der Waals surface area (Å²) in [5.41, 5.74) is -0.0162. The summed E-state index contributed by atoms with van der Waals surface area (Å²) in [5, 5.41) is 5.49. The van der Waals surface area contributed by atoms with Crippen molar-refractivity contribution in [3.8, 4) is 10.6 Å². The molecule has 0 atom stereocenters. The summed E-state index contributed by atoms with van der Waals surface area (Å²) in [6, 6.07) is 15.9. The molecule has 0 saturated carbocycles. The molecule has 3 aromatic rings. The first-order chi connectivity index (χ1) is 14.4. The highest BCUT2D eigenvalue weighted by Gasteiger charge is 2.44. The number of thiophene rings is 1. The third-order valence-electron chi connectivity index (χ3n) is 4.77. The van der Waals surface area contributed by atoms with Crippen LogP contribution in [0.2, 0.25) is 0 Å². The zero-order chi connectivity index (χ0) is 21.1. The minimum atomic E-state index is -0.856. The van der Waals surface area contributed by atoms with Gasteiger partial charge in [0, 0.05) is 24.2 Å². The summed E-state index contributed by atoms with van der Waals surface area (Å²) in [6.45, 7) is 4.26. The van der Waals surface area contributed by atoms with Gasteiger partial charge in [-0.2, -0.15) is 0 Å². The van der Waals surface area contributed by atoms with E-state index in [9.17, 15) is 9.59 Å². The Bertz CT molecular complexity index is 1070. The first kappa shape index (κ1) is 20.4. The summed E-state index contributed by atoms with van der Waals surface area (Å²) < 4.78 is 1.19. The fraction of sp³-hybridized carbons (Fsp3) is 0.238. The van der Waals surface area contributed by atoms with Crippen molar-refractivity contribution in [1.82, 2.24) is 20.2 Å². The van der Waals surface area contributed by atoms with Gasteiger partial charge in [-0.05, 0) is 44.2 Å². The van der Waals surface area contributed by atoms with Gasteiger partial charge < -0.3 is 10.2 Å². The molecule has 2 aromatic heterocycles. The van der Waals surface area contributed by atoms with Crippen molar-refractivity contribution < 1.29 is 9.59 Å². The number of aromatic nitrogens is 2. The molecule has 4 rings (SSSR count). The van der Waals surface area contributed by atoms with Crippen LogP contribution in [-0.2, 0) is 4.79 Å². The molecule has 154 valence electrons. The number of hydrogen-bond acceptors (Lipinski definition) is 7. The highest BCUT2D eigenvalue weighted by atomic mass is 32.2. The minimum absolute atomic E-state index is 0.285. The number of nitrogens with zero attached hydrogens (tertiary/aromatic N) is 3. The van der Waals surface area contributed by atoms with Crippen LogP contribution in [0.15, 0.2) is 63.8 Å². The molecule has 1 saturated heterocycles. The SMILES string of the molecule is CC1(C)C(=O)NC(=O)N1CCNc1nccc(-c2ccc(Sc3ccccc3)s2)n1. The average molecular weight is 440 g/mol. The highest BCUT2D eigenvalue weighted by Crippen LogP contribution is 2.37. The van der Waals surface area contributed by atoms with Gasteiger partial charge in [0.2, 0.25) is 5.95 Å². The quantitative estimate of drug-likeness (QED) is 0.539. The van der Waals surface area contributed by atoms with Crippen LogP contribution in [0.3, 0.4) is 0 Å². The molecule has 0 aliphatic carbocycles. The molecule has 1 aromatic carbocycles. The summed E-state index contributed by atoms with van der Waals surface area (Å²) in [5.74, 6) is 0.203. The van der Waals surface area contributed by atoms with Gasteiger partial charge in [-0.3, -0.25) is 10.1 Å². The molecule has 2 N–H and O–H groups in total. The first-order valence-corrected chi connectivity index (χ1v) is 11.1. The van der Waals surface area contributed by atoms with Gasteiger partial charge in [-0.25, -0.2) is 14.8 Å². The Kier molecular flexibility index (Phi) is 5.74. The second-order valence-electron chi connectivity index (χ2n) is 7.20. The standard InChI is InChI=1S/C21H21N5O2S2/c1-21(2)18(27)25-20(28)26(21)13-12-23-19-22-11-10-15(24-19)16-8-9-17(30-16)29-14-6-4-3-5-7-14/h3-11H,12-13H2,1-2H3,(H,22,23,24)(H,25,27,28). The number of rotatable bonds is 7. The molecule has 0 radical (unpaired) electrons. The molecular weight excluding hydrogens is 418 g/mol. The Morgan fingerprint density at radius 1 is 1.13 bits per heavy atom. The number of imide groups is 1. The Labute approximate surface area is 182 Å². The fourth-order valence-corrected chi connectivity index (χ4v) is 5.15. The monoisotopic (exact) mass is 439 g/mol. The number of benzene rings is 1.